The fourth-order valence-electron chi connectivity index (χ4n) is 0. The second-order valence-corrected chi connectivity index (χ2v) is 1.50. The van der Waals surface area contributed by atoms with Crippen molar-refractivity contribution in [2.24, 2.45) is 0 Å². The Bertz CT molecular complexity index is 62.6. The van der Waals surface area contributed by atoms with E-state index >= 15 is 0 Å². The summed E-state index contributed by atoms with van der Waals surface area (Å²) in [5, 5.41) is 0. The summed E-state index contributed by atoms with van der Waals surface area (Å²) in [6.07, 6.45) is 0.162. The van der Waals surface area contributed by atoms with Crippen LogP contribution in [0.3, 0.4) is 0 Å². The molecule has 0 saturated heterocycles. The third kappa shape index (κ3) is 126. The van der Waals surface area contributed by atoms with E-state index in [1.54, 1.807) is 0 Å². The summed E-state index contributed by atoms with van der Waals surface area (Å²) < 4.78 is 22.7. The number of rotatable bonds is 0. The largest absolute Gasteiger partial charge is 0.260 e. The van der Waals surface area contributed by atoms with Crippen molar-refractivity contribution in [1.82, 2.24) is 0 Å². The fourth-order valence-corrected chi connectivity index (χ4v) is 0. The Labute approximate surface area is 31.3 Å². The van der Waals surface area contributed by atoms with Gasteiger partial charge in [-0.25, -0.2) is 0 Å². The Kier molecular flexibility index (Phi) is 0.570. The van der Waals surface area contributed by atoms with Crippen LogP contribution in [0, 0.1) is 0 Å². The molecule has 0 N–H and O–H groups in total. The number of hydrogen-bond acceptors (Lipinski definition) is 1. The van der Waals surface area contributed by atoms with Crippen LogP contribution in [0.2, 0.25) is 0 Å². The molecule has 0 radical (unpaired) electrons. The fraction of sp³-hybridized carbons (Fsp3) is 1.00. The van der Waals surface area contributed by atoms with Crippen molar-refractivity contribution in [3.8, 4) is 0 Å². The molecule has 0 aromatic rings. The summed E-state index contributed by atoms with van der Waals surface area (Å²) in [6.45, 7) is 0. The first-order chi connectivity index (χ1) is 2.64. The van der Waals surface area contributed by atoms with E-state index in [1.165, 1.54) is 6.26 Å². The zero-order valence-electron chi connectivity index (χ0n) is 4.39. The lowest BCUT2D eigenvalue weighted by Crippen LogP contribution is -1.70. The van der Waals surface area contributed by atoms with Crippen molar-refractivity contribution in [2.45, 2.75) is 0 Å². The lowest BCUT2D eigenvalue weighted by Gasteiger charge is -1.60. The van der Waals surface area contributed by atoms with Crippen LogP contribution in [-0.2, 0) is 10.8 Å². The first-order valence-electron chi connectivity index (χ1n) is 1.97. The van der Waals surface area contributed by atoms with Gasteiger partial charge in [-0.05, 0) is 0 Å². The third-order valence-corrected chi connectivity index (χ3v) is 0. The molecule has 0 fully saturated rings. The van der Waals surface area contributed by atoms with Gasteiger partial charge in [0.25, 0.3) is 0 Å². The predicted octanol–water partition coefficient (Wildman–Crippen LogP) is -0.00530. The van der Waals surface area contributed by atoms with Crippen molar-refractivity contribution >= 4 is 10.8 Å². The van der Waals surface area contributed by atoms with Crippen LogP contribution in [0.5, 0.6) is 0 Å². The van der Waals surface area contributed by atoms with E-state index < -0.39 is 17.0 Å². The molecule has 0 saturated carbocycles. The molecule has 1 atom stereocenters. The van der Waals surface area contributed by atoms with Crippen LogP contribution in [0.1, 0.15) is 2.74 Å². The van der Waals surface area contributed by atoms with Crippen LogP contribution in [0.15, 0.2) is 0 Å². The molecule has 0 rings (SSSR count). The minimum absolute atomic E-state index is 1.18. The second kappa shape index (κ2) is 1.47. The van der Waals surface area contributed by atoms with Gasteiger partial charge in [-0.15, -0.1) is 0 Å². The maximum absolute atomic E-state index is 9.88. The van der Waals surface area contributed by atoms with Gasteiger partial charge >= 0.3 is 0 Å². The highest BCUT2D eigenvalue weighted by molar-refractivity contribution is 7.83. The summed E-state index contributed by atoms with van der Waals surface area (Å²) >= 11 is 0. The molecule has 0 heterocycles. The van der Waals surface area contributed by atoms with Gasteiger partial charge in [-0.2, -0.15) is 0 Å². The molecule has 0 aliphatic carbocycles. The summed E-state index contributed by atoms with van der Waals surface area (Å²) in [5.74, 6) is 0. The molecule has 1 nitrogen and oxygen atoms in total. The molecule has 0 aliphatic rings. The quantitative estimate of drug-likeness (QED) is 0.400. The van der Waals surface area contributed by atoms with Crippen LogP contribution < -0.4 is 0 Å². The average Bonchev–Trinajstić information content (AvgIpc) is 1.36. The van der Waals surface area contributed by atoms with Gasteiger partial charge in [-0.1, -0.05) is 0 Å². The lowest BCUT2D eigenvalue weighted by atomic mass is 11.9. The number of hydrogen-bond donors (Lipinski definition) is 0. The molecule has 26 valence electrons. The van der Waals surface area contributed by atoms with Crippen molar-refractivity contribution in [2.75, 3.05) is 12.5 Å². The van der Waals surface area contributed by atoms with Crippen LogP contribution in [-0.4, -0.2) is 16.7 Å². The molecule has 0 spiro atoms. The Hall–Kier alpha value is 0.150. The standard InChI is InChI=1S/C2H6OS/c1-4(2)3/h1-2H3/i1D2. The van der Waals surface area contributed by atoms with Crippen molar-refractivity contribution in [3.63, 3.8) is 0 Å². The van der Waals surface area contributed by atoms with Crippen LogP contribution >= 0.6 is 0 Å². The molecule has 0 bridgehead atoms. The van der Waals surface area contributed by atoms with E-state index in [0.29, 0.717) is 0 Å². The molecular weight excluding hydrogens is 72.1 g/mol. The molecule has 2 heteroatoms. The zero-order chi connectivity index (χ0) is 5.15. The monoisotopic (exact) mass is 80.0 g/mol. The van der Waals surface area contributed by atoms with E-state index in [1.807, 2.05) is 0 Å². The molecule has 0 amide bonds. The summed E-state index contributed by atoms with van der Waals surface area (Å²) in [5.41, 5.74) is 0. The van der Waals surface area contributed by atoms with E-state index in [9.17, 15) is 4.21 Å². The van der Waals surface area contributed by atoms with Gasteiger partial charge in [0.2, 0.25) is 0 Å². The van der Waals surface area contributed by atoms with Crippen LogP contribution in [0.4, 0.5) is 0 Å². The third-order valence-electron chi connectivity index (χ3n) is 0. The molecular formula is C2H6OS. The second-order valence-electron chi connectivity index (χ2n) is 0.499. The highest BCUT2D eigenvalue weighted by atomic mass is 32.2. The van der Waals surface area contributed by atoms with Crippen molar-refractivity contribution in [3.05, 3.63) is 0 Å². The minimum atomic E-state index is -1.28. The highest BCUT2D eigenvalue weighted by Crippen LogP contribution is 1.47. The van der Waals surface area contributed by atoms with Crippen molar-refractivity contribution < 1.29 is 6.95 Å². The van der Waals surface area contributed by atoms with Crippen molar-refractivity contribution in [1.29, 1.82) is 0 Å². The molecule has 0 aliphatic heterocycles. The van der Waals surface area contributed by atoms with Gasteiger partial charge < -0.3 is 0 Å². The normalized spacial score (nSPS) is 23.5. The first kappa shape index (κ1) is 1.55. The minimum Gasteiger partial charge on any atom is -0.260 e. The first-order valence-corrected chi connectivity index (χ1v) is 2.43. The Morgan fingerprint density at radius 3 is 2.50 bits per heavy atom. The van der Waals surface area contributed by atoms with Gasteiger partial charge in [0.15, 0.2) is 0 Å². The SMILES string of the molecule is [2H]C([2H])S(C)=O. The van der Waals surface area contributed by atoms with E-state index in [0.717, 1.165) is 0 Å². The molecule has 4 heavy (non-hydrogen) atoms. The Balaban J connectivity index is 3.26. The van der Waals surface area contributed by atoms with Gasteiger partial charge in [0, 0.05) is 26.0 Å². The maximum Gasteiger partial charge on any atom is 0.0370 e. The van der Waals surface area contributed by atoms with Gasteiger partial charge in [-0.3, -0.25) is 4.21 Å². The zero-order valence-corrected chi connectivity index (χ0v) is 3.21. The maximum atomic E-state index is 9.88. The van der Waals surface area contributed by atoms with E-state index in [-0.39, 0.29) is 0 Å². The van der Waals surface area contributed by atoms with Gasteiger partial charge in [0.1, 0.15) is 0 Å². The van der Waals surface area contributed by atoms with E-state index in [4.69, 9.17) is 2.74 Å². The summed E-state index contributed by atoms with van der Waals surface area (Å²) in [4.78, 5) is 0. The summed E-state index contributed by atoms with van der Waals surface area (Å²) in [6, 6.07) is 0. The van der Waals surface area contributed by atoms with E-state index in [2.05, 4.69) is 0 Å². The Morgan fingerprint density at radius 2 is 2.50 bits per heavy atom. The highest BCUT2D eigenvalue weighted by Gasteiger charge is 1.57. The van der Waals surface area contributed by atoms with Crippen LogP contribution in [0.25, 0.3) is 0 Å². The lowest BCUT2D eigenvalue weighted by molar-refractivity contribution is 0.690. The van der Waals surface area contributed by atoms with Gasteiger partial charge in [0.05, 0.1) is 0 Å². The summed E-state index contributed by atoms with van der Waals surface area (Å²) in [7, 11) is -1.28. The molecule has 0 aromatic heterocycles. The smallest absolute Gasteiger partial charge is 0.0370 e. The predicted molar refractivity (Wildman–Crippen MR) is 20.0 cm³/mol. The Morgan fingerprint density at radius 1 is 2.25 bits per heavy atom. The molecule has 0 aromatic carbocycles. The topological polar surface area (TPSA) is 17.1 Å². The average molecular weight is 80.1 g/mol. The molecule has 1 unspecified atom stereocenters.